The smallest absolute Gasteiger partial charge is 0.346 e. The predicted octanol–water partition coefficient (Wildman–Crippen LogP) is 6.54. The Kier molecular flexibility index (Phi) is 6.21. The zero-order chi connectivity index (χ0) is 25.1. The summed E-state index contributed by atoms with van der Waals surface area (Å²) in [5.41, 5.74) is 1.10. The van der Waals surface area contributed by atoms with Gasteiger partial charge in [-0.3, -0.25) is 0 Å². The molecule has 36 heavy (non-hydrogen) atoms. The van der Waals surface area contributed by atoms with Crippen molar-refractivity contribution in [2.45, 2.75) is 97.0 Å². The van der Waals surface area contributed by atoms with E-state index in [-0.39, 0.29) is 11.7 Å². The number of aliphatic hydroxyl groups excluding tert-OH is 1. The number of aromatic nitrogens is 1. The fourth-order valence-corrected chi connectivity index (χ4v) is 9.67. The van der Waals surface area contributed by atoms with E-state index < -0.39 is 0 Å². The van der Waals surface area contributed by atoms with E-state index in [1.54, 1.807) is 19.2 Å². The molecular formula is C31H43NO4. The predicted molar refractivity (Wildman–Crippen MR) is 141 cm³/mol. The Morgan fingerprint density at radius 2 is 1.92 bits per heavy atom. The van der Waals surface area contributed by atoms with Gasteiger partial charge >= 0.3 is 5.63 Å². The van der Waals surface area contributed by atoms with E-state index in [4.69, 9.17) is 9.15 Å². The zero-order valence-electron chi connectivity index (χ0n) is 22.3. The van der Waals surface area contributed by atoms with Crippen LogP contribution < -0.4 is 10.4 Å². The summed E-state index contributed by atoms with van der Waals surface area (Å²) in [5, 5.41) is 11.9. The van der Waals surface area contributed by atoms with E-state index in [1.807, 2.05) is 6.07 Å². The molecule has 1 aromatic carbocycles. The van der Waals surface area contributed by atoms with Crippen molar-refractivity contribution in [1.82, 2.24) is 4.98 Å². The number of hydrogen-bond donors (Lipinski definition) is 1. The van der Waals surface area contributed by atoms with Gasteiger partial charge in [0.2, 0.25) is 0 Å². The van der Waals surface area contributed by atoms with Crippen molar-refractivity contribution >= 4 is 10.9 Å². The molecular weight excluding hydrogens is 450 g/mol. The molecule has 0 bridgehead atoms. The molecule has 4 fully saturated rings. The Morgan fingerprint density at radius 3 is 2.75 bits per heavy atom. The van der Waals surface area contributed by atoms with Gasteiger partial charge in [-0.25, -0.2) is 9.78 Å². The molecule has 0 aliphatic heterocycles. The summed E-state index contributed by atoms with van der Waals surface area (Å²) < 4.78 is 10.9. The third-order valence-electron chi connectivity index (χ3n) is 11.6. The normalized spacial score (nSPS) is 39.9. The number of aryl methyl sites for hydroxylation is 1. The zero-order valence-corrected chi connectivity index (χ0v) is 22.3. The third-order valence-corrected chi connectivity index (χ3v) is 11.6. The molecule has 1 heterocycles. The lowest BCUT2D eigenvalue weighted by molar-refractivity contribution is -0.162. The molecule has 1 N–H and O–H groups in total. The lowest BCUT2D eigenvalue weighted by atomic mass is 9.44. The van der Waals surface area contributed by atoms with Gasteiger partial charge in [-0.15, -0.1) is 0 Å². The van der Waals surface area contributed by atoms with Crippen LogP contribution in [-0.4, -0.2) is 23.3 Å². The molecule has 4 saturated carbocycles. The number of benzene rings is 1. The Labute approximate surface area is 215 Å². The van der Waals surface area contributed by atoms with Gasteiger partial charge in [0.15, 0.2) is 5.89 Å². The highest BCUT2D eigenvalue weighted by Gasteiger charge is 2.61. The van der Waals surface area contributed by atoms with E-state index >= 15 is 0 Å². The molecule has 5 heteroatoms. The minimum Gasteiger partial charge on any atom is -0.497 e. The van der Waals surface area contributed by atoms with Gasteiger partial charge in [-0.05, 0) is 110 Å². The van der Waals surface area contributed by atoms with Crippen LogP contribution in [0.1, 0.15) is 90.4 Å². The average molecular weight is 494 g/mol. The van der Waals surface area contributed by atoms with E-state index in [9.17, 15) is 9.90 Å². The molecule has 4 aliphatic rings. The van der Waals surface area contributed by atoms with Crippen LogP contribution in [0.5, 0.6) is 5.75 Å². The third kappa shape index (κ3) is 3.83. The minimum absolute atomic E-state index is 0.109. The number of fused-ring (bicyclic) bond motifs is 6. The molecule has 2 aromatic rings. The van der Waals surface area contributed by atoms with Crippen molar-refractivity contribution in [3.05, 3.63) is 34.5 Å². The lowest BCUT2D eigenvalue weighted by Gasteiger charge is -2.62. The number of hydrogen-bond acceptors (Lipinski definition) is 5. The van der Waals surface area contributed by atoms with Gasteiger partial charge in [-0.2, -0.15) is 0 Å². The molecule has 8 atom stereocenters. The summed E-state index contributed by atoms with van der Waals surface area (Å²) in [4.78, 5) is 17.1. The number of nitrogens with zero attached hydrogens (tertiary/aromatic N) is 1. The highest BCUT2D eigenvalue weighted by molar-refractivity contribution is 5.78. The molecule has 196 valence electrons. The van der Waals surface area contributed by atoms with Crippen molar-refractivity contribution in [3.8, 4) is 5.75 Å². The van der Waals surface area contributed by atoms with Crippen LogP contribution >= 0.6 is 0 Å². The van der Waals surface area contributed by atoms with E-state index in [2.05, 4.69) is 18.8 Å². The van der Waals surface area contributed by atoms with Crippen LogP contribution in [0.2, 0.25) is 0 Å². The van der Waals surface area contributed by atoms with E-state index in [1.165, 1.54) is 51.4 Å². The molecule has 5 nitrogen and oxygen atoms in total. The van der Waals surface area contributed by atoms with Gasteiger partial charge in [-0.1, -0.05) is 26.7 Å². The average Bonchev–Trinajstić information content (AvgIpc) is 3.20. The summed E-state index contributed by atoms with van der Waals surface area (Å²) >= 11 is 0. The number of aliphatic hydroxyl groups is 1. The van der Waals surface area contributed by atoms with E-state index in [0.717, 1.165) is 25.2 Å². The largest absolute Gasteiger partial charge is 0.497 e. The molecule has 1 aromatic heterocycles. The summed E-state index contributed by atoms with van der Waals surface area (Å²) in [6.45, 7) is 5.11. The van der Waals surface area contributed by atoms with Crippen molar-refractivity contribution in [1.29, 1.82) is 0 Å². The molecule has 0 radical (unpaired) electrons. The molecule has 0 spiro atoms. The molecule has 8 unspecified atom stereocenters. The number of methoxy groups -OCH3 is 1. The summed E-state index contributed by atoms with van der Waals surface area (Å²) in [5.74, 6) is 4.49. The first-order valence-corrected chi connectivity index (χ1v) is 14.5. The van der Waals surface area contributed by atoms with Crippen LogP contribution in [0.3, 0.4) is 0 Å². The topological polar surface area (TPSA) is 72.6 Å². The molecule has 0 amide bonds. The second kappa shape index (κ2) is 9.15. The Balaban J connectivity index is 1.15. The maximum atomic E-state index is 12.5. The quantitative estimate of drug-likeness (QED) is 0.512. The fraction of sp³-hybridized carbons (Fsp3) is 0.742. The Bertz CT molecular complexity index is 1170. The second-order valence-corrected chi connectivity index (χ2v) is 13.0. The summed E-state index contributed by atoms with van der Waals surface area (Å²) in [6, 6.07) is 5.30. The highest BCUT2D eigenvalue weighted by Crippen LogP contribution is 2.67. The number of rotatable bonds is 5. The van der Waals surface area contributed by atoms with Gasteiger partial charge in [0, 0.05) is 12.5 Å². The standard InChI is InChI=1S/C31H43NO4/c1-30-15-5-4-7-20(30)17-26(33)28-23-13-10-19(31(23,2)16-14-24(28)30)8-6-9-27-32-25-18-21(35-3)11-12-22(25)29(34)36-27/h11-12,18-20,23-24,26,28,33H,4-10,13-17H2,1-3H3. The van der Waals surface area contributed by atoms with Gasteiger partial charge in [0.05, 0.1) is 24.1 Å². The van der Waals surface area contributed by atoms with Crippen molar-refractivity contribution < 1.29 is 14.3 Å². The van der Waals surface area contributed by atoms with Gasteiger partial charge in [0.1, 0.15) is 5.75 Å². The van der Waals surface area contributed by atoms with E-state index in [0.29, 0.717) is 63.5 Å². The van der Waals surface area contributed by atoms with Crippen LogP contribution in [0.4, 0.5) is 0 Å². The molecule has 6 rings (SSSR count). The van der Waals surface area contributed by atoms with Crippen LogP contribution in [0.25, 0.3) is 10.9 Å². The monoisotopic (exact) mass is 493 g/mol. The van der Waals surface area contributed by atoms with Crippen molar-refractivity contribution in [2.24, 2.45) is 40.4 Å². The fourth-order valence-electron chi connectivity index (χ4n) is 9.67. The first-order valence-electron chi connectivity index (χ1n) is 14.5. The summed E-state index contributed by atoms with van der Waals surface area (Å²) in [7, 11) is 1.62. The Morgan fingerprint density at radius 1 is 1.08 bits per heavy atom. The van der Waals surface area contributed by atoms with Crippen LogP contribution in [-0.2, 0) is 6.42 Å². The Hall–Kier alpha value is -1.88. The lowest BCUT2D eigenvalue weighted by Crippen LogP contribution is -2.57. The molecule has 4 aliphatic carbocycles. The highest BCUT2D eigenvalue weighted by atomic mass is 16.5. The van der Waals surface area contributed by atoms with Crippen molar-refractivity contribution in [3.63, 3.8) is 0 Å². The first-order chi connectivity index (χ1) is 17.3. The first kappa shape index (κ1) is 24.5. The summed E-state index contributed by atoms with van der Waals surface area (Å²) in [6.07, 6.45) is 14.3. The van der Waals surface area contributed by atoms with Gasteiger partial charge < -0.3 is 14.3 Å². The number of ether oxygens (including phenoxy) is 1. The van der Waals surface area contributed by atoms with Gasteiger partial charge in [0.25, 0.3) is 0 Å². The minimum atomic E-state index is -0.315. The van der Waals surface area contributed by atoms with Crippen molar-refractivity contribution in [2.75, 3.05) is 7.11 Å². The van der Waals surface area contributed by atoms with Crippen LogP contribution in [0.15, 0.2) is 27.4 Å². The second-order valence-electron chi connectivity index (χ2n) is 13.0. The van der Waals surface area contributed by atoms with Crippen LogP contribution in [0, 0.1) is 40.4 Å². The maximum Gasteiger partial charge on any atom is 0.346 e. The SMILES string of the molecule is COc1ccc2c(=O)oc(CCCC3CCC4C5C(O)CC6CCCCC6(C)C5CCC34C)nc2c1. The maximum absolute atomic E-state index is 12.5. The molecule has 0 saturated heterocycles.